The van der Waals surface area contributed by atoms with Gasteiger partial charge in [-0.15, -0.1) is 0 Å². The summed E-state index contributed by atoms with van der Waals surface area (Å²) in [7, 11) is 0. The zero-order valence-corrected chi connectivity index (χ0v) is 18.9. The SMILES string of the molecule is N=Cc1cc(C(N[S+](O)c2c(N)cc(Cl)cc2Cl)C(F)(F)F)ccc1Nc1ccc(F)cc1. The van der Waals surface area contributed by atoms with Crippen LogP contribution in [0.5, 0.6) is 0 Å². The lowest BCUT2D eigenvalue weighted by Crippen LogP contribution is -2.38. The van der Waals surface area contributed by atoms with Gasteiger partial charge >= 0.3 is 6.18 Å². The summed E-state index contributed by atoms with van der Waals surface area (Å²) in [5.74, 6) is -0.442. The largest absolute Gasteiger partial charge is 0.412 e. The third kappa shape index (κ3) is 6.10. The second-order valence-electron chi connectivity index (χ2n) is 6.81. The minimum Gasteiger partial charge on any atom is -0.394 e. The number of nitrogen functional groups attached to an aromatic ring is 1. The molecule has 3 rings (SSSR count). The summed E-state index contributed by atoms with van der Waals surface area (Å²) in [5.41, 5.74) is 6.45. The number of anilines is 3. The van der Waals surface area contributed by atoms with E-state index in [1.54, 1.807) is 0 Å². The number of rotatable bonds is 7. The molecule has 3 aromatic carbocycles. The zero-order valence-electron chi connectivity index (χ0n) is 16.6. The summed E-state index contributed by atoms with van der Waals surface area (Å²) < 4.78 is 67.4. The van der Waals surface area contributed by atoms with Crippen LogP contribution < -0.4 is 15.8 Å². The van der Waals surface area contributed by atoms with Gasteiger partial charge in [-0.2, -0.15) is 17.7 Å². The molecule has 174 valence electrons. The summed E-state index contributed by atoms with van der Waals surface area (Å²) in [5, 5.41) is 10.6. The van der Waals surface area contributed by atoms with E-state index in [0.717, 1.165) is 12.3 Å². The molecule has 0 spiro atoms. The Bertz CT molecular complexity index is 1140. The molecule has 0 fully saturated rings. The number of nitrogens with two attached hydrogens (primary N) is 1. The summed E-state index contributed by atoms with van der Waals surface area (Å²) >= 11 is 9.67. The molecule has 0 bridgehead atoms. The van der Waals surface area contributed by atoms with Crippen molar-refractivity contribution in [1.82, 2.24) is 4.72 Å². The highest BCUT2D eigenvalue weighted by atomic mass is 35.5. The molecule has 12 heteroatoms. The van der Waals surface area contributed by atoms with Crippen LogP contribution in [0.1, 0.15) is 17.2 Å². The third-order valence-electron chi connectivity index (χ3n) is 4.47. The van der Waals surface area contributed by atoms with E-state index in [0.29, 0.717) is 11.4 Å². The Morgan fingerprint density at radius 1 is 1.06 bits per heavy atom. The minimum atomic E-state index is -4.80. The monoisotopic (exact) mass is 519 g/mol. The van der Waals surface area contributed by atoms with E-state index in [4.69, 9.17) is 34.3 Å². The second kappa shape index (κ2) is 10.2. The standard InChI is InChI=1S/C21H17Cl2F4N4OS/c22-13-8-16(23)19(17(29)9-13)33(32)31-20(21(25,26)27)11-1-6-18(12(7-11)10-28)30-15-4-2-14(24)3-5-15/h1-10,20,28,30-32H,29H2/q+1. The van der Waals surface area contributed by atoms with Gasteiger partial charge in [-0.05, 0) is 54.1 Å². The lowest BCUT2D eigenvalue weighted by atomic mass is 10.0. The summed E-state index contributed by atoms with van der Waals surface area (Å²) in [6, 6.07) is 9.31. The van der Waals surface area contributed by atoms with Gasteiger partial charge in [0.15, 0.2) is 6.04 Å². The predicted molar refractivity (Wildman–Crippen MR) is 125 cm³/mol. The molecule has 5 nitrogen and oxygen atoms in total. The van der Waals surface area contributed by atoms with Crippen molar-refractivity contribution < 1.29 is 22.1 Å². The Labute approximate surface area is 199 Å². The first kappa shape index (κ1) is 25.1. The van der Waals surface area contributed by atoms with E-state index >= 15 is 0 Å². The van der Waals surface area contributed by atoms with E-state index in [1.165, 1.54) is 48.5 Å². The van der Waals surface area contributed by atoms with Crippen LogP contribution in [-0.2, 0) is 11.4 Å². The van der Waals surface area contributed by atoms with Crippen LogP contribution in [0.25, 0.3) is 0 Å². The first-order valence-electron chi connectivity index (χ1n) is 9.17. The molecule has 0 aromatic heterocycles. The van der Waals surface area contributed by atoms with E-state index in [-0.39, 0.29) is 31.8 Å². The molecule has 6 N–H and O–H groups in total. The molecule has 0 amide bonds. The summed E-state index contributed by atoms with van der Waals surface area (Å²) in [6.45, 7) is 0. The average molecular weight is 520 g/mol. The Hall–Kier alpha value is -2.50. The molecular formula is C21H17Cl2F4N4OS+. The van der Waals surface area contributed by atoms with Gasteiger partial charge in [-0.1, -0.05) is 34.0 Å². The van der Waals surface area contributed by atoms with Crippen LogP contribution in [-0.4, -0.2) is 16.9 Å². The molecule has 0 saturated heterocycles. The molecule has 2 atom stereocenters. The fraction of sp³-hybridized carbons (Fsp3) is 0.0952. The van der Waals surface area contributed by atoms with Crippen LogP contribution in [0.2, 0.25) is 10.0 Å². The van der Waals surface area contributed by atoms with Gasteiger partial charge in [0, 0.05) is 28.2 Å². The number of hydrogen-bond donors (Lipinski definition) is 5. The highest BCUT2D eigenvalue weighted by molar-refractivity contribution is 7.89. The lowest BCUT2D eigenvalue weighted by molar-refractivity contribution is -0.153. The van der Waals surface area contributed by atoms with Gasteiger partial charge in [0.2, 0.25) is 0 Å². The van der Waals surface area contributed by atoms with E-state index in [1.807, 2.05) is 0 Å². The topological polar surface area (TPSA) is 94.2 Å². The van der Waals surface area contributed by atoms with Crippen molar-refractivity contribution in [3.8, 4) is 0 Å². The molecule has 0 heterocycles. The molecular weight excluding hydrogens is 503 g/mol. The Morgan fingerprint density at radius 3 is 2.30 bits per heavy atom. The minimum absolute atomic E-state index is 0.0641. The molecule has 0 aliphatic rings. The maximum Gasteiger partial charge on any atom is 0.412 e. The van der Waals surface area contributed by atoms with E-state index in [2.05, 4.69) is 10.0 Å². The second-order valence-corrected chi connectivity index (χ2v) is 8.86. The predicted octanol–water partition coefficient (Wildman–Crippen LogP) is 6.71. The van der Waals surface area contributed by atoms with Crippen molar-refractivity contribution in [2.75, 3.05) is 11.1 Å². The van der Waals surface area contributed by atoms with Crippen molar-refractivity contribution in [3.63, 3.8) is 0 Å². The molecule has 0 radical (unpaired) electrons. The first-order chi connectivity index (χ1) is 15.5. The van der Waals surface area contributed by atoms with Gasteiger partial charge in [0.1, 0.15) is 10.8 Å². The maximum atomic E-state index is 13.9. The fourth-order valence-electron chi connectivity index (χ4n) is 2.96. The average Bonchev–Trinajstić information content (AvgIpc) is 2.72. The normalized spacial score (nSPS) is 13.4. The Morgan fingerprint density at radius 2 is 1.73 bits per heavy atom. The highest BCUT2D eigenvalue weighted by Gasteiger charge is 2.47. The zero-order chi connectivity index (χ0) is 24.3. The molecule has 0 aliphatic heterocycles. The van der Waals surface area contributed by atoms with Gasteiger partial charge < -0.3 is 16.5 Å². The first-order valence-corrected chi connectivity index (χ1v) is 11.1. The molecule has 2 unspecified atom stereocenters. The van der Waals surface area contributed by atoms with Gasteiger partial charge in [-0.3, -0.25) is 0 Å². The lowest BCUT2D eigenvalue weighted by Gasteiger charge is -2.21. The quantitative estimate of drug-likeness (QED) is 0.104. The van der Waals surface area contributed by atoms with E-state index < -0.39 is 29.4 Å². The molecule has 0 aliphatic carbocycles. The number of alkyl halides is 3. The molecule has 0 saturated carbocycles. The number of nitrogens with one attached hydrogen (secondary N) is 3. The van der Waals surface area contributed by atoms with Crippen LogP contribution in [0.15, 0.2) is 59.5 Å². The summed E-state index contributed by atoms with van der Waals surface area (Å²) in [6.07, 6.45) is -3.91. The van der Waals surface area contributed by atoms with E-state index in [9.17, 15) is 22.1 Å². The van der Waals surface area contributed by atoms with Crippen molar-refractivity contribution in [3.05, 3.63) is 81.6 Å². The van der Waals surface area contributed by atoms with Crippen molar-refractivity contribution in [2.45, 2.75) is 17.1 Å². The van der Waals surface area contributed by atoms with Crippen molar-refractivity contribution in [2.24, 2.45) is 0 Å². The van der Waals surface area contributed by atoms with Gasteiger partial charge in [0.25, 0.3) is 16.3 Å². The fourth-order valence-corrected chi connectivity index (χ4v) is 4.83. The number of halogens is 6. The van der Waals surface area contributed by atoms with Crippen LogP contribution in [0.3, 0.4) is 0 Å². The highest BCUT2D eigenvalue weighted by Crippen LogP contribution is 2.38. The molecule has 33 heavy (non-hydrogen) atoms. The smallest absolute Gasteiger partial charge is 0.394 e. The van der Waals surface area contributed by atoms with Gasteiger partial charge in [-0.25, -0.2) is 4.39 Å². The maximum absolute atomic E-state index is 13.9. The number of hydrogen-bond acceptors (Lipinski definition) is 5. The van der Waals surface area contributed by atoms with Crippen LogP contribution in [0.4, 0.5) is 34.6 Å². The molecule has 3 aromatic rings. The Kier molecular flexibility index (Phi) is 7.76. The van der Waals surface area contributed by atoms with Crippen molar-refractivity contribution >= 4 is 57.8 Å². The van der Waals surface area contributed by atoms with Crippen LogP contribution >= 0.6 is 23.2 Å². The number of benzene rings is 3. The Balaban J connectivity index is 1.93. The summed E-state index contributed by atoms with van der Waals surface area (Å²) in [4.78, 5) is -0.114. The van der Waals surface area contributed by atoms with Crippen LogP contribution in [0, 0.1) is 11.2 Å². The third-order valence-corrected chi connectivity index (χ3v) is 6.40. The van der Waals surface area contributed by atoms with Gasteiger partial charge in [0.05, 0.1) is 5.69 Å². The van der Waals surface area contributed by atoms with Crippen molar-refractivity contribution in [1.29, 1.82) is 5.41 Å².